The predicted molar refractivity (Wildman–Crippen MR) is 89.5 cm³/mol. The van der Waals surface area contributed by atoms with Crippen LogP contribution in [0.15, 0.2) is 36.4 Å². The molecule has 2 aromatic carbocycles. The van der Waals surface area contributed by atoms with Crippen molar-refractivity contribution in [3.63, 3.8) is 0 Å². The number of anilines is 1. The summed E-state index contributed by atoms with van der Waals surface area (Å²) in [6.45, 7) is 8.09. The lowest BCUT2D eigenvalue weighted by Gasteiger charge is -2.14. The minimum atomic E-state index is -0.275. The fourth-order valence-electron chi connectivity index (χ4n) is 2.23. The van der Waals surface area contributed by atoms with E-state index in [1.54, 1.807) is 0 Å². The van der Waals surface area contributed by atoms with E-state index in [0.29, 0.717) is 0 Å². The molecule has 0 saturated heterocycles. The van der Waals surface area contributed by atoms with E-state index < -0.39 is 0 Å². The summed E-state index contributed by atoms with van der Waals surface area (Å²) in [6, 6.07) is 11.5. The van der Waals surface area contributed by atoms with Gasteiger partial charge in [-0.15, -0.1) is 0 Å². The van der Waals surface area contributed by atoms with Crippen molar-refractivity contribution in [2.24, 2.45) is 0 Å². The van der Waals surface area contributed by atoms with Crippen molar-refractivity contribution in [1.82, 2.24) is 5.32 Å². The summed E-state index contributed by atoms with van der Waals surface area (Å²) in [5.41, 5.74) is 5.15. The van der Waals surface area contributed by atoms with Crippen molar-refractivity contribution < 1.29 is 9.53 Å². The van der Waals surface area contributed by atoms with Crippen LogP contribution in [0.5, 0.6) is 5.75 Å². The summed E-state index contributed by atoms with van der Waals surface area (Å²) >= 11 is 0. The number of amides is 2. The molecule has 0 aliphatic rings. The molecular weight excluding hydrogens is 276 g/mol. The van der Waals surface area contributed by atoms with Gasteiger partial charge in [-0.25, -0.2) is 4.79 Å². The molecule has 0 atom stereocenters. The van der Waals surface area contributed by atoms with Crippen molar-refractivity contribution in [2.75, 3.05) is 12.0 Å². The van der Waals surface area contributed by atoms with E-state index in [1.165, 1.54) is 0 Å². The molecule has 0 aliphatic carbocycles. The third kappa shape index (κ3) is 3.79. The summed E-state index contributed by atoms with van der Waals surface area (Å²) < 4.78 is 5.61. The third-order valence-electron chi connectivity index (χ3n) is 3.73. The fourth-order valence-corrected chi connectivity index (χ4v) is 2.23. The Balaban J connectivity index is 1.90. The molecule has 0 radical (unpaired) electrons. The van der Waals surface area contributed by atoms with Crippen molar-refractivity contribution in [3.05, 3.63) is 58.7 Å². The van der Waals surface area contributed by atoms with E-state index in [1.807, 2.05) is 64.1 Å². The largest absolute Gasteiger partial charge is 0.473 e. The fraction of sp³-hybridized carbons (Fsp3) is 0.278. The minimum Gasteiger partial charge on any atom is -0.473 e. The van der Waals surface area contributed by atoms with Gasteiger partial charge in [0.1, 0.15) is 5.75 Å². The highest BCUT2D eigenvalue weighted by molar-refractivity contribution is 5.90. The van der Waals surface area contributed by atoms with Gasteiger partial charge in [-0.2, -0.15) is 0 Å². The number of ether oxygens (including phenoxy) is 1. The SMILES string of the molecule is Cc1cccc(OCNC(=O)Nc2c(C)cccc2C)c1C. The van der Waals surface area contributed by atoms with Crippen LogP contribution < -0.4 is 15.4 Å². The molecule has 0 saturated carbocycles. The molecular formula is C18H22N2O2. The molecule has 0 unspecified atom stereocenters. The lowest BCUT2D eigenvalue weighted by atomic mass is 10.1. The zero-order chi connectivity index (χ0) is 16.1. The Morgan fingerprint density at radius 2 is 1.55 bits per heavy atom. The van der Waals surface area contributed by atoms with Gasteiger partial charge in [-0.3, -0.25) is 0 Å². The maximum atomic E-state index is 12.0. The highest BCUT2D eigenvalue weighted by Gasteiger charge is 2.07. The van der Waals surface area contributed by atoms with Crippen LogP contribution in [0, 0.1) is 27.7 Å². The number of aryl methyl sites for hydroxylation is 3. The van der Waals surface area contributed by atoms with Crippen LogP contribution in [0.3, 0.4) is 0 Å². The van der Waals surface area contributed by atoms with Crippen molar-refractivity contribution in [3.8, 4) is 5.75 Å². The molecule has 2 aromatic rings. The predicted octanol–water partition coefficient (Wildman–Crippen LogP) is 4.08. The Morgan fingerprint density at radius 3 is 2.23 bits per heavy atom. The maximum Gasteiger partial charge on any atom is 0.321 e. The standard InChI is InChI=1S/C18H22N2O2/c1-12-7-6-10-16(15(12)4)22-11-19-18(21)20-17-13(2)8-5-9-14(17)3/h5-10H,11H2,1-4H3,(H2,19,20,21). The van der Waals surface area contributed by atoms with Gasteiger partial charge in [0.15, 0.2) is 6.73 Å². The van der Waals surface area contributed by atoms with Crippen LogP contribution >= 0.6 is 0 Å². The average Bonchev–Trinajstić information content (AvgIpc) is 2.47. The summed E-state index contributed by atoms with van der Waals surface area (Å²) in [6.07, 6.45) is 0. The molecule has 0 heterocycles. The second kappa shape index (κ2) is 6.98. The number of benzene rings is 2. The second-order valence-corrected chi connectivity index (χ2v) is 5.38. The average molecular weight is 298 g/mol. The van der Waals surface area contributed by atoms with E-state index >= 15 is 0 Å². The molecule has 4 nitrogen and oxygen atoms in total. The first kappa shape index (κ1) is 15.9. The first-order chi connectivity index (χ1) is 10.5. The Bertz CT molecular complexity index is 661. The number of urea groups is 1. The number of para-hydroxylation sites is 1. The summed E-state index contributed by atoms with van der Waals surface area (Å²) in [5.74, 6) is 0.785. The van der Waals surface area contributed by atoms with Gasteiger partial charge in [-0.1, -0.05) is 30.3 Å². The van der Waals surface area contributed by atoms with E-state index in [2.05, 4.69) is 10.6 Å². The van der Waals surface area contributed by atoms with Gasteiger partial charge < -0.3 is 15.4 Å². The lowest BCUT2D eigenvalue weighted by Crippen LogP contribution is -2.32. The Labute approximate surface area is 131 Å². The minimum absolute atomic E-state index is 0.126. The Kier molecular flexibility index (Phi) is 5.04. The number of hydrogen-bond donors (Lipinski definition) is 2. The molecule has 0 bridgehead atoms. The molecule has 0 aliphatic heterocycles. The molecule has 4 heteroatoms. The monoisotopic (exact) mass is 298 g/mol. The van der Waals surface area contributed by atoms with Crippen LogP contribution in [0.25, 0.3) is 0 Å². The van der Waals surface area contributed by atoms with Gasteiger partial charge in [0.25, 0.3) is 0 Å². The molecule has 0 spiro atoms. The zero-order valence-corrected chi connectivity index (χ0v) is 13.5. The third-order valence-corrected chi connectivity index (χ3v) is 3.73. The van der Waals surface area contributed by atoms with E-state index in [0.717, 1.165) is 33.7 Å². The molecule has 0 fully saturated rings. The molecule has 2 rings (SSSR count). The van der Waals surface area contributed by atoms with Gasteiger partial charge in [-0.05, 0) is 56.0 Å². The van der Waals surface area contributed by atoms with E-state index in [4.69, 9.17) is 4.74 Å². The first-order valence-corrected chi connectivity index (χ1v) is 7.29. The van der Waals surface area contributed by atoms with Crippen molar-refractivity contribution in [2.45, 2.75) is 27.7 Å². The van der Waals surface area contributed by atoms with E-state index in [9.17, 15) is 4.79 Å². The molecule has 2 N–H and O–H groups in total. The maximum absolute atomic E-state index is 12.0. The highest BCUT2D eigenvalue weighted by atomic mass is 16.5. The number of carbonyl (C=O) groups excluding carboxylic acids is 1. The zero-order valence-electron chi connectivity index (χ0n) is 13.5. The quantitative estimate of drug-likeness (QED) is 0.836. The number of carbonyl (C=O) groups is 1. The Morgan fingerprint density at radius 1 is 0.955 bits per heavy atom. The molecule has 2 amide bonds. The first-order valence-electron chi connectivity index (χ1n) is 7.29. The van der Waals surface area contributed by atoms with Crippen LogP contribution in [0.2, 0.25) is 0 Å². The second-order valence-electron chi connectivity index (χ2n) is 5.38. The highest BCUT2D eigenvalue weighted by Crippen LogP contribution is 2.20. The molecule has 22 heavy (non-hydrogen) atoms. The van der Waals surface area contributed by atoms with Gasteiger partial charge >= 0.3 is 6.03 Å². The number of hydrogen-bond acceptors (Lipinski definition) is 2. The van der Waals surface area contributed by atoms with Crippen molar-refractivity contribution >= 4 is 11.7 Å². The van der Waals surface area contributed by atoms with Crippen LogP contribution in [0.4, 0.5) is 10.5 Å². The smallest absolute Gasteiger partial charge is 0.321 e. The van der Waals surface area contributed by atoms with Gasteiger partial charge in [0.05, 0.1) is 0 Å². The number of nitrogens with one attached hydrogen (secondary N) is 2. The summed E-state index contributed by atoms with van der Waals surface area (Å²) in [7, 11) is 0. The van der Waals surface area contributed by atoms with Gasteiger partial charge in [0, 0.05) is 5.69 Å². The number of rotatable bonds is 4. The topological polar surface area (TPSA) is 50.4 Å². The van der Waals surface area contributed by atoms with Crippen LogP contribution in [0.1, 0.15) is 22.3 Å². The summed E-state index contributed by atoms with van der Waals surface area (Å²) in [4.78, 5) is 12.0. The van der Waals surface area contributed by atoms with E-state index in [-0.39, 0.29) is 12.8 Å². The van der Waals surface area contributed by atoms with Crippen LogP contribution in [-0.2, 0) is 0 Å². The molecule has 116 valence electrons. The normalized spacial score (nSPS) is 10.2. The Hall–Kier alpha value is -2.49. The van der Waals surface area contributed by atoms with Crippen molar-refractivity contribution in [1.29, 1.82) is 0 Å². The summed E-state index contributed by atoms with van der Waals surface area (Å²) in [5, 5.41) is 5.57. The van der Waals surface area contributed by atoms with Crippen LogP contribution in [-0.4, -0.2) is 12.8 Å². The van der Waals surface area contributed by atoms with Gasteiger partial charge in [0.2, 0.25) is 0 Å². The lowest BCUT2D eigenvalue weighted by molar-refractivity contribution is 0.234. The molecule has 0 aromatic heterocycles.